The highest BCUT2D eigenvalue weighted by atomic mass is 19.3. The molecule has 1 amide bonds. The Labute approximate surface area is 263 Å². The van der Waals surface area contributed by atoms with E-state index in [-0.39, 0.29) is 55.3 Å². The Morgan fingerprint density at radius 2 is 1.72 bits per heavy atom. The maximum atomic E-state index is 13.8. The molecular weight excluding hydrogens is 593 g/mol. The van der Waals surface area contributed by atoms with E-state index in [0.717, 1.165) is 34.1 Å². The lowest BCUT2D eigenvalue weighted by Crippen LogP contribution is -2.42. The summed E-state index contributed by atoms with van der Waals surface area (Å²) in [4.78, 5) is 36.1. The number of benzene rings is 2. The maximum Gasteiger partial charge on any atom is 0.255 e. The van der Waals surface area contributed by atoms with E-state index in [1.807, 2.05) is 24.3 Å². The molecule has 4 heterocycles. The average Bonchev–Trinajstić information content (AvgIpc) is 3.75. The number of hydrogen-bond donors (Lipinski definition) is 1. The molecule has 2 atom stereocenters. The summed E-state index contributed by atoms with van der Waals surface area (Å²) in [5.41, 5.74) is 10.5. The summed E-state index contributed by atoms with van der Waals surface area (Å²) in [7, 11) is 0. The predicted molar refractivity (Wildman–Crippen MR) is 168 cm³/mol. The molecule has 0 spiro atoms. The molecule has 234 valence electrons. The van der Waals surface area contributed by atoms with Gasteiger partial charge in [-0.25, -0.2) is 18.2 Å². The highest BCUT2D eigenvalue weighted by Crippen LogP contribution is 2.48. The molecule has 2 fully saturated rings. The van der Waals surface area contributed by atoms with Crippen LogP contribution in [0.15, 0.2) is 83.5 Å². The van der Waals surface area contributed by atoms with E-state index in [4.69, 9.17) is 10.2 Å². The number of ketones is 1. The summed E-state index contributed by atoms with van der Waals surface area (Å²) in [5, 5.41) is 0.799. The van der Waals surface area contributed by atoms with Crippen molar-refractivity contribution in [3.63, 3.8) is 0 Å². The summed E-state index contributed by atoms with van der Waals surface area (Å²) in [5.74, 6) is -1.99. The van der Waals surface area contributed by atoms with Gasteiger partial charge in [0.2, 0.25) is 0 Å². The van der Waals surface area contributed by atoms with Crippen LogP contribution in [-0.4, -0.2) is 45.6 Å². The number of carbonyl (C=O) groups is 2. The molecule has 7 nitrogen and oxygen atoms in total. The van der Waals surface area contributed by atoms with Crippen molar-refractivity contribution in [1.82, 2.24) is 14.9 Å². The van der Waals surface area contributed by atoms with E-state index in [1.165, 1.54) is 23.2 Å². The first kappa shape index (κ1) is 29.7. The molecular formula is C36H31F3N4O3. The molecule has 2 aliphatic rings. The van der Waals surface area contributed by atoms with Crippen molar-refractivity contribution < 1.29 is 27.2 Å². The quantitative estimate of drug-likeness (QED) is 0.192. The molecule has 0 bridgehead atoms. The highest BCUT2D eigenvalue weighted by Gasteiger charge is 2.43. The second kappa shape index (κ2) is 11.7. The summed E-state index contributed by atoms with van der Waals surface area (Å²) < 4.78 is 47.2. The Balaban J connectivity index is 1.12. The average molecular weight is 625 g/mol. The minimum absolute atomic E-state index is 0.000993. The Bertz CT molecular complexity index is 1910. The first-order valence-electron chi connectivity index (χ1n) is 15.3. The number of furan rings is 1. The SMILES string of the molecule is Nc1ccc(C2CC2C(=O)CCc2cc3cc(-c4ccc(C(=O)N5CCC(F)(F)CC5)cn4)cc(-c4ccc(F)cc4)c3o2)cn1. The molecule has 2 aromatic carbocycles. The highest BCUT2D eigenvalue weighted by molar-refractivity contribution is 5.97. The minimum atomic E-state index is -2.74. The number of rotatable bonds is 8. The van der Waals surface area contributed by atoms with Crippen molar-refractivity contribution >= 4 is 28.5 Å². The number of alkyl halides is 2. The standard InChI is InChI=1S/C36H31F3N4O3/c37-26-5-1-21(2-6-26)29-17-24(31-8-3-23(20-41-31)35(45)43-13-11-36(38,39)12-14-43)15-25-16-27(46-34(25)29)7-9-32(44)30-18-28(30)22-4-10-33(40)42-19-22/h1-6,8,10,15-17,19-20,28,30H,7,9,11-14,18H2,(H2,40,42). The number of amides is 1. The summed E-state index contributed by atoms with van der Waals surface area (Å²) in [6.45, 7) is 0.00199. The van der Waals surface area contributed by atoms with Gasteiger partial charge in [0.1, 0.15) is 28.8 Å². The van der Waals surface area contributed by atoms with Crippen LogP contribution in [0.3, 0.4) is 0 Å². The number of fused-ring (bicyclic) bond motifs is 1. The van der Waals surface area contributed by atoms with Crippen molar-refractivity contribution in [2.75, 3.05) is 18.8 Å². The van der Waals surface area contributed by atoms with Crippen LogP contribution in [0.4, 0.5) is 19.0 Å². The van der Waals surface area contributed by atoms with E-state index in [2.05, 4.69) is 9.97 Å². The van der Waals surface area contributed by atoms with E-state index in [9.17, 15) is 22.8 Å². The lowest BCUT2D eigenvalue weighted by Gasteiger charge is -2.31. The molecule has 1 saturated carbocycles. The van der Waals surface area contributed by atoms with Gasteiger partial charge in [0.05, 0.1) is 11.3 Å². The Morgan fingerprint density at radius 3 is 2.41 bits per heavy atom. The number of likely N-dealkylation sites (tertiary alicyclic amines) is 1. The normalized spacial score (nSPS) is 18.9. The number of nitrogen functional groups attached to an aromatic ring is 1. The van der Waals surface area contributed by atoms with Gasteiger partial charge in [-0.3, -0.25) is 14.6 Å². The Morgan fingerprint density at radius 1 is 0.935 bits per heavy atom. The van der Waals surface area contributed by atoms with Gasteiger partial charge in [0.25, 0.3) is 11.8 Å². The number of nitrogens with zero attached hydrogens (tertiary/aromatic N) is 3. The number of anilines is 1. The van der Waals surface area contributed by atoms with E-state index in [1.54, 1.807) is 36.5 Å². The van der Waals surface area contributed by atoms with Crippen LogP contribution in [0, 0.1) is 11.7 Å². The molecule has 2 N–H and O–H groups in total. The topological polar surface area (TPSA) is 102 Å². The minimum Gasteiger partial charge on any atom is -0.460 e. The van der Waals surface area contributed by atoms with Crippen molar-refractivity contribution in [2.45, 2.75) is 43.9 Å². The fourth-order valence-corrected chi connectivity index (χ4v) is 6.22. The zero-order valence-electron chi connectivity index (χ0n) is 24.9. The maximum absolute atomic E-state index is 13.8. The number of nitrogens with two attached hydrogens (primary N) is 1. The van der Waals surface area contributed by atoms with E-state index >= 15 is 0 Å². The number of Topliss-reactive ketones (excluding diaryl/α,β-unsaturated/α-hetero) is 1. The fraction of sp³-hybridized carbons (Fsp3) is 0.278. The number of hydrogen-bond acceptors (Lipinski definition) is 6. The molecule has 1 aliphatic carbocycles. The van der Waals surface area contributed by atoms with Gasteiger partial charge in [0, 0.05) is 73.6 Å². The van der Waals surface area contributed by atoms with Crippen LogP contribution in [0.5, 0.6) is 0 Å². The zero-order chi connectivity index (χ0) is 32.0. The van der Waals surface area contributed by atoms with E-state index in [0.29, 0.717) is 41.3 Å². The lowest BCUT2D eigenvalue weighted by atomic mass is 9.98. The van der Waals surface area contributed by atoms with Gasteiger partial charge in [-0.15, -0.1) is 0 Å². The van der Waals surface area contributed by atoms with E-state index < -0.39 is 5.92 Å². The number of halogens is 3. The zero-order valence-corrected chi connectivity index (χ0v) is 24.9. The number of pyridine rings is 2. The summed E-state index contributed by atoms with van der Waals surface area (Å²) in [6, 6.07) is 18.9. The van der Waals surface area contributed by atoms with Crippen LogP contribution in [0.2, 0.25) is 0 Å². The van der Waals surface area contributed by atoms with Gasteiger partial charge in [-0.1, -0.05) is 18.2 Å². The largest absolute Gasteiger partial charge is 0.460 e. The second-order valence-corrected chi connectivity index (χ2v) is 12.2. The first-order valence-corrected chi connectivity index (χ1v) is 15.3. The molecule has 46 heavy (non-hydrogen) atoms. The first-order chi connectivity index (χ1) is 22.1. The second-order valence-electron chi connectivity index (χ2n) is 12.2. The molecule has 3 aromatic heterocycles. The smallest absolute Gasteiger partial charge is 0.255 e. The summed E-state index contributed by atoms with van der Waals surface area (Å²) in [6.07, 6.45) is 4.08. The predicted octanol–water partition coefficient (Wildman–Crippen LogP) is 7.45. The number of carbonyl (C=O) groups excluding carboxylic acids is 2. The van der Waals surface area contributed by atoms with Crippen molar-refractivity contribution in [1.29, 1.82) is 0 Å². The third-order valence-electron chi connectivity index (χ3n) is 8.97. The molecule has 1 saturated heterocycles. The van der Waals surface area contributed by atoms with Crippen LogP contribution in [0.1, 0.15) is 53.3 Å². The molecule has 10 heteroatoms. The van der Waals surface area contributed by atoms with Crippen molar-refractivity contribution in [3.8, 4) is 22.4 Å². The van der Waals surface area contributed by atoms with Gasteiger partial charge in [-0.05, 0) is 72.0 Å². The third-order valence-corrected chi connectivity index (χ3v) is 8.97. The van der Waals surface area contributed by atoms with Gasteiger partial charge < -0.3 is 15.1 Å². The fourth-order valence-electron chi connectivity index (χ4n) is 6.22. The van der Waals surface area contributed by atoms with Gasteiger partial charge in [0.15, 0.2) is 0 Å². The Kier molecular flexibility index (Phi) is 7.58. The van der Waals surface area contributed by atoms with Gasteiger partial charge >= 0.3 is 0 Å². The van der Waals surface area contributed by atoms with Crippen molar-refractivity contribution in [3.05, 3.63) is 102 Å². The lowest BCUT2D eigenvalue weighted by molar-refractivity contribution is -0.120. The van der Waals surface area contributed by atoms with Gasteiger partial charge in [-0.2, -0.15) is 0 Å². The Hall–Kier alpha value is -4.99. The van der Waals surface area contributed by atoms with Crippen LogP contribution < -0.4 is 5.73 Å². The summed E-state index contributed by atoms with van der Waals surface area (Å²) >= 11 is 0. The molecule has 2 unspecified atom stereocenters. The van der Waals surface area contributed by atoms with Crippen molar-refractivity contribution in [2.24, 2.45) is 5.92 Å². The molecule has 1 aliphatic heterocycles. The number of piperidine rings is 1. The molecule has 5 aromatic rings. The number of aryl methyl sites for hydroxylation is 1. The van der Waals surface area contributed by atoms with Crippen LogP contribution in [-0.2, 0) is 11.2 Å². The monoisotopic (exact) mass is 624 g/mol. The molecule has 7 rings (SSSR count). The van der Waals surface area contributed by atoms with Crippen LogP contribution in [0.25, 0.3) is 33.4 Å². The molecule has 0 radical (unpaired) electrons. The van der Waals surface area contributed by atoms with Crippen LogP contribution >= 0.6 is 0 Å². The number of aromatic nitrogens is 2. The third kappa shape index (κ3) is 6.11.